The molecule has 1 saturated heterocycles. The van der Waals surface area contributed by atoms with E-state index >= 15 is 0 Å². The number of nitrogens with one attached hydrogen (secondary N) is 2. The predicted molar refractivity (Wildman–Crippen MR) is 107 cm³/mol. The minimum Gasteiger partial charge on any atom is -0.379 e. The van der Waals surface area contributed by atoms with Crippen molar-refractivity contribution in [3.63, 3.8) is 0 Å². The number of thiophene rings is 1. The second-order valence-electron chi connectivity index (χ2n) is 7.15. The Morgan fingerprint density at radius 1 is 1.28 bits per heavy atom. The Kier molecular flexibility index (Phi) is 8.72. The Balaban J connectivity index is 1.89. The molecule has 6 heteroatoms. The lowest BCUT2D eigenvalue weighted by atomic mass is 10.0. The zero-order valence-corrected chi connectivity index (χ0v) is 16.9. The number of aliphatic imine (C=N–C) groups is 1. The highest BCUT2D eigenvalue weighted by Gasteiger charge is 2.23. The monoisotopic (exact) mass is 366 g/mol. The number of hydrogen-bond acceptors (Lipinski definition) is 4. The van der Waals surface area contributed by atoms with Crippen LogP contribution >= 0.6 is 11.3 Å². The minimum absolute atomic E-state index is 0.369. The van der Waals surface area contributed by atoms with E-state index in [1.807, 2.05) is 18.4 Å². The van der Waals surface area contributed by atoms with Crippen LogP contribution in [0.15, 0.2) is 22.5 Å². The molecule has 1 aliphatic rings. The zero-order valence-electron chi connectivity index (χ0n) is 16.1. The van der Waals surface area contributed by atoms with E-state index in [0.29, 0.717) is 12.1 Å². The van der Waals surface area contributed by atoms with Crippen LogP contribution in [0.3, 0.4) is 0 Å². The summed E-state index contributed by atoms with van der Waals surface area (Å²) >= 11 is 1.83. The van der Waals surface area contributed by atoms with Gasteiger partial charge in [-0.15, -0.1) is 11.3 Å². The van der Waals surface area contributed by atoms with Gasteiger partial charge >= 0.3 is 0 Å². The molecule has 25 heavy (non-hydrogen) atoms. The number of guanidine groups is 1. The molecular formula is C19H34N4OS. The van der Waals surface area contributed by atoms with Gasteiger partial charge in [0.05, 0.1) is 19.3 Å². The molecule has 2 N–H and O–H groups in total. The average Bonchev–Trinajstić information content (AvgIpc) is 3.14. The van der Waals surface area contributed by atoms with Gasteiger partial charge in [-0.25, -0.2) is 0 Å². The first-order valence-corrected chi connectivity index (χ1v) is 10.3. The lowest BCUT2D eigenvalue weighted by Crippen LogP contribution is -2.47. The summed E-state index contributed by atoms with van der Waals surface area (Å²) in [6.07, 6.45) is 2.40. The highest BCUT2D eigenvalue weighted by atomic mass is 32.1. The molecule has 0 bridgehead atoms. The largest absolute Gasteiger partial charge is 0.379 e. The van der Waals surface area contributed by atoms with E-state index < -0.39 is 0 Å². The molecule has 0 amide bonds. The number of rotatable bonds is 8. The van der Waals surface area contributed by atoms with Crippen molar-refractivity contribution in [2.24, 2.45) is 10.9 Å². The molecule has 1 fully saturated rings. The molecule has 1 aromatic rings. The first kappa shape index (κ1) is 20.2. The van der Waals surface area contributed by atoms with Crippen molar-refractivity contribution >= 4 is 17.3 Å². The lowest BCUT2D eigenvalue weighted by molar-refractivity contribution is 0.0177. The van der Waals surface area contributed by atoms with Crippen LogP contribution < -0.4 is 10.6 Å². The third-order valence-corrected chi connectivity index (χ3v) is 5.58. The van der Waals surface area contributed by atoms with Crippen LogP contribution in [-0.4, -0.2) is 56.8 Å². The van der Waals surface area contributed by atoms with Gasteiger partial charge in [-0.2, -0.15) is 0 Å². The molecular weight excluding hydrogens is 332 g/mol. The van der Waals surface area contributed by atoms with Gasteiger partial charge in [0, 0.05) is 37.6 Å². The molecule has 0 aliphatic carbocycles. The quantitative estimate of drug-likeness (QED) is 0.548. The van der Waals surface area contributed by atoms with E-state index in [0.717, 1.165) is 51.1 Å². The van der Waals surface area contributed by atoms with Gasteiger partial charge in [0.1, 0.15) is 0 Å². The van der Waals surface area contributed by atoms with Crippen LogP contribution in [0.25, 0.3) is 0 Å². The lowest BCUT2D eigenvalue weighted by Gasteiger charge is -2.34. The second-order valence-corrected chi connectivity index (χ2v) is 8.13. The van der Waals surface area contributed by atoms with Gasteiger partial charge in [0.15, 0.2) is 5.96 Å². The Bertz CT molecular complexity index is 498. The summed E-state index contributed by atoms with van der Waals surface area (Å²) in [4.78, 5) is 8.32. The van der Waals surface area contributed by atoms with Gasteiger partial charge < -0.3 is 15.4 Å². The summed E-state index contributed by atoms with van der Waals surface area (Å²) in [6.45, 7) is 11.2. The fraction of sp³-hybridized carbons (Fsp3) is 0.737. The van der Waals surface area contributed by atoms with Crippen molar-refractivity contribution in [2.75, 3.05) is 39.9 Å². The molecule has 2 unspecified atom stereocenters. The maximum atomic E-state index is 5.52. The van der Waals surface area contributed by atoms with Crippen LogP contribution in [0.5, 0.6) is 0 Å². The predicted octanol–water partition coefficient (Wildman–Crippen LogP) is 3.11. The highest BCUT2D eigenvalue weighted by Crippen LogP contribution is 2.25. The summed E-state index contributed by atoms with van der Waals surface area (Å²) in [7, 11) is 1.85. The maximum absolute atomic E-state index is 5.52. The van der Waals surface area contributed by atoms with Crippen LogP contribution in [0.2, 0.25) is 0 Å². The van der Waals surface area contributed by atoms with E-state index in [-0.39, 0.29) is 0 Å². The van der Waals surface area contributed by atoms with Gasteiger partial charge in [-0.05, 0) is 37.1 Å². The Hall–Kier alpha value is -1.11. The summed E-state index contributed by atoms with van der Waals surface area (Å²) in [5.74, 6) is 1.63. The fourth-order valence-electron chi connectivity index (χ4n) is 3.06. The molecule has 142 valence electrons. The molecule has 0 spiro atoms. The normalized spacial score (nSPS) is 19.0. The molecule has 2 rings (SSSR count). The Morgan fingerprint density at radius 3 is 2.64 bits per heavy atom. The van der Waals surface area contributed by atoms with Crippen LogP contribution in [0.1, 0.15) is 44.5 Å². The molecule has 5 nitrogen and oxygen atoms in total. The SMILES string of the molecule is CN=C(NCC(c1cccs1)N1CCOCC1)NC(C)CCC(C)C. The molecule has 0 saturated carbocycles. The number of nitrogens with zero attached hydrogens (tertiary/aromatic N) is 2. The van der Waals surface area contributed by atoms with Crippen molar-refractivity contribution in [3.8, 4) is 0 Å². The topological polar surface area (TPSA) is 48.9 Å². The maximum Gasteiger partial charge on any atom is 0.191 e. The van der Waals surface area contributed by atoms with Crippen LogP contribution in [0, 0.1) is 5.92 Å². The van der Waals surface area contributed by atoms with E-state index in [9.17, 15) is 0 Å². The molecule has 1 aromatic heterocycles. The van der Waals surface area contributed by atoms with E-state index in [2.05, 4.69) is 58.8 Å². The molecule has 0 radical (unpaired) electrons. The van der Waals surface area contributed by atoms with Crippen molar-refractivity contribution in [1.82, 2.24) is 15.5 Å². The summed E-state index contributed by atoms with van der Waals surface area (Å²) in [6, 6.07) is 5.16. The van der Waals surface area contributed by atoms with Crippen molar-refractivity contribution in [2.45, 2.75) is 45.7 Å². The molecule has 2 atom stereocenters. The van der Waals surface area contributed by atoms with Crippen molar-refractivity contribution < 1.29 is 4.74 Å². The Morgan fingerprint density at radius 2 is 2.04 bits per heavy atom. The average molecular weight is 367 g/mol. The van der Waals surface area contributed by atoms with Crippen LogP contribution in [0.4, 0.5) is 0 Å². The molecule has 2 heterocycles. The third-order valence-electron chi connectivity index (χ3n) is 4.60. The third kappa shape index (κ3) is 6.96. The smallest absolute Gasteiger partial charge is 0.191 e. The Labute approximate surface area is 156 Å². The first-order valence-electron chi connectivity index (χ1n) is 9.42. The van der Waals surface area contributed by atoms with E-state index in [4.69, 9.17) is 4.74 Å². The first-order chi connectivity index (χ1) is 12.1. The summed E-state index contributed by atoms with van der Waals surface area (Å²) < 4.78 is 5.52. The molecule has 0 aromatic carbocycles. The van der Waals surface area contributed by atoms with Crippen molar-refractivity contribution in [1.29, 1.82) is 0 Å². The highest BCUT2D eigenvalue weighted by molar-refractivity contribution is 7.10. The summed E-state index contributed by atoms with van der Waals surface area (Å²) in [5, 5.41) is 9.22. The minimum atomic E-state index is 0.369. The fourth-order valence-corrected chi connectivity index (χ4v) is 3.92. The van der Waals surface area contributed by atoms with Gasteiger partial charge in [-0.1, -0.05) is 19.9 Å². The standard InChI is InChI=1S/C19H34N4OS/c1-15(2)7-8-16(3)22-19(20-4)21-14-17(18-6-5-13-25-18)23-9-11-24-12-10-23/h5-6,13,15-17H,7-12,14H2,1-4H3,(H2,20,21,22). The van der Waals surface area contributed by atoms with Crippen molar-refractivity contribution in [3.05, 3.63) is 22.4 Å². The zero-order chi connectivity index (χ0) is 18.1. The van der Waals surface area contributed by atoms with Gasteiger partial charge in [-0.3, -0.25) is 9.89 Å². The van der Waals surface area contributed by atoms with Gasteiger partial charge in [0.2, 0.25) is 0 Å². The number of ether oxygens (including phenoxy) is 1. The van der Waals surface area contributed by atoms with E-state index in [1.165, 1.54) is 11.3 Å². The second kappa shape index (κ2) is 10.8. The van der Waals surface area contributed by atoms with Crippen LogP contribution in [-0.2, 0) is 4.74 Å². The number of hydrogen-bond donors (Lipinski definition) is 2. The van der Waals surface area contributed by atoms with Gasteiger partial charge in [0.25, 0.3) is 0 Å². The summed E-state index contributed by atoms with van der Waals surface area (Å²) in [5.41, 5.74) is 0. The molecule has 1 aliphatic heterocycles. The number of morpholine rings is 1. The van der Waals surface area contributed by atoms with E-state index in [1.54, 1.807) is 0 Å².